The predicted octanol–water partition coefficient (Wildman–Crippen LogP) is 7.96. The molecule has 27 heavy (non-hydrogen) atoms. The van der Waals surface area contributed by atoms with Crippen LogP contribution in [0.25, 0.3) is 0 Å². The van der Waals surface area contributed by atoms with E-state index in [1.165, 1.54) is 11.1 Å². The lowest BCUT2D eigenvalue weighted by atomic mass is 10.1. The molecule has 0 spiro atoms. The molecule has 0 aromatic heterocycles. The van der Waals surface area contributed by atoms with E-state index in [9.17, 15) is 0 Å². The molecule has 0 saturated carbocycles. The van der Waals surface area contributed by atoms with Crippen LogP contribution < -0.4 is 8.85 Å². The zero-order chi connectivity index (χ0) is 21.3. The zero-order valence-corrected chi connectivity index (χ0v) is 21.8. The van der Waals surface area contributed by atoms with Gasteiger partial charge in [-0.1, -0.05) is 53.2 Å². The molecule has 0 amide bonds. The Balaban J connectivity index is 3.28. The number of rotatable bonds is 6. The van der Waals surface area contributed by atoms with Crippen LogP contribution in [0, 0.1) is 0 Å². The highest BCUT2D eigenvalue weighted by atomic mass is 28.4. The fourth-order valence-electron chi connectivity index (χ4n) is 2.07. The molecule has 0 atom stereocenters. The molecule has 0 aliphatic heterocycles. The van der Waals surface area contributed by atoms with Crippen LogP contribution in [-0.4, -0.2) is 16.6 Å². The van der Waals surface area contributed by atoms with Gasteiger partial charge in [0, 0.05) is 5.56 Å². The average Bonchev–Trinajstić information content (AvgIpc) is 2.44. The first-order valence-corrected chi connectivity index (χ1v) is 15.9. The second kappa shape index (κ2) is 8.16. The topological polar surface area (TPSA) is 18.5 Å². The molecule has 1 rings (SSSR count). The molecule has 0 fully saturated rings. The van der Waals surface area contributed by atoms with Crippen molar-refractivity contribution < 1.29 is 8.85 Å². The summed E-state index contributed by atoms with van der Waals surface area (Å²) in [7, 11) is -3.74. The summed E-state index contributed by atoms with van der Waals surface area (Å²) >= 11 is 0. The van der Waals surface area contributed by atoms with Gasteiger partial charge in [-0.05, 0) is 74.7 Å². The Hall–Kier alpha value is -1.01. The van der Waals surface area contributed by atoms with Crippen molar-refractivity contribution in [2.45, 2.75) is 98.1 Å². The fraction of sp³-hybridized carbons (Fsp3) is 0.652. The van der Waals surface area contributed by atoms with Crippen molar-refractivity contribution in [2.24, 2.45) is 0 Å². The smallest absolute Gasteiger partial charge is 0.250 e. The standard InChI is InChI=1S/C23H42O2Si2/c1-18(2)13-14-19-17-20(24-26(9,10)22(3,4)5)15-16-21(19)25-27(11,12)23(6,7)8/h13,15-17H,14H2,1-12H3. The lowest BCUT2D eigenvalue weighted by molar-refractivity contribution is 0.478. The summed E-state index contributed by atoms with van der Waals surface area (Å²) < 4.78 is 13.2. The van der Waals surface area contributed by atoms with Crippen LogP contribution in [0.2, 0.25) is 36.3 Å². The summed E-state index contributed by atoms with van der Waals surface area (Å²) in [6.07, 6.45) is 3.14. The molecule has 4 heteroatoms. The molecule has 0 aliphatic rings. The van der Waals surface area contributed by atoms with Gasteiger partial charge in [0.15, 0.2) is 0 Å². The maximum atomic E-state index is 6.65. The van der Waals surface area contributed by atoms with E-state index in [1.807, 2.05) is 0 Å². The Bertz CT molecular complexity index is 671. The predicted molar refractivity (Wildman–Crippen MR) is 125 cm³/mol. The van der Waals surface area contributed by atoms with E-state index in [0.29, 0.717) is 0 Å². The highest BCUT2D eigenvalue weighted by Crippen LogP contribution is 2.41. The van der Waals surface area contributed by atoms with Crippen LogP contribution in [0.3, 0.4) is 0 Å². The van der Waals surface area contributed by atoms with Gasteiger partial charge in [0.2, 0.25) is 16.6 Å². The second-order valence-electron chi connectivity index (χ2n) is 11.0. The molecule has 1 aromatic carbocycles. The van der Waals surface area contributed by atoms with Crippen LogP contribution in [0.15, 0.2) is 29.8 Å². The molecule has 0 aliphatic carbocycles. The molecular weight excluding hydrogens is 364 g/mol. The summed E-state index contributed by atoms with van der Waals surface area (Å²) in [6.45, 7) is 27.2. The number of hydrogen-bond acceptors (Lipinski definition) is 2. The monoisotopic (exact) mass is 406 g/mol. The van der Waals surface area contributed by atoms with E-state index < -0.39 is 16.6 Å². The van der Waals surface area contributed by atoms with Crippen LogP contribution in [0.1, 0.15) is 61.0 Å². The van der Waals surface area contributed by atoms with Gasteiger partial charge in [0.05, 0.1) is 0 Å². The van der Waals surface area contributed by atoms with Crippen molar-refractivity contribution in [3.63, 3.8) is 0 Å². The molecule has 2 nitrogen and oxygen atoms in total. The van der Waals surface area contributed by atoms with Crippen LogP contribution in [-0.2, 0) is 6.42 Å². The Morgan fingerprint density at radius 3 is 1.78 bits per heavy atom. The number of benzene rings is 1. The van der Waals surface area contributed by atoms with Crippen LogP contribution >= 0.6 is 0 Å². The molecule has 0 unspecified atom stereocenters. The highest BCUT2D eigenvalue weighted by Gasteiger charge is 2.40. The quantitative estimate of drug-likeness (QED) is 0.352. The first-order valence-electron chi connectivity index (χ1n) is 10.1. The van der Waals surface area contributed by atoms with Gasteiger partial charge in [-0.25, -0.2) is 0 Å². The van der Waals surface area contributed by atoms with Crippen molar-refractivity contribution >= 4 is 16.6 Å². The minimum Gasteiger partial charge on any atom is -0.543 e. The molecule has 0 saturated heterocycles. The van der Waals surface area contributed by atoms with Crippen LogP contribution in [0.5, 0.6) is 11.5 Å². The maximum absolute atomic E-state index is 6.65. The minimum absolute atomic E-state index is 0.178. The van der Waals surface area contributed by atoms with E-state index in [2.05, 4.69) is 106 Å². The molecule has 0 bridgehead atoms. The molecule has 0 heterocycles. The fourth-order valence-corrected chi connectivity index (χ4v) is 4.15. The van der Waals surface area contributed by atoms with E-state index in [1.54, 1.807) is 0 Å². The summed E-state index contributed by atoms with van der Waals surface area (Å²) in [6, 6.07) is 6.41. The summed E-state index contributed by atoms with van der Waals surface area (Å²) in [5.41, 5.74) is 2.54. The van der Waals surface area contributed by atoms with Gasteiger partial charge in [-0.2, -0.15) is 0 Å². The Kier molecular flexibility index (Phi) is 7.26. The molecular formula is C23H42O2Si2. The average molecular weight is 407 g/mol. The third kappa shape index (κ3) is 6.53. The highest BCUT2D eigenvalue weighted by molar-refractivity contribution is 6.75. The lowest BCUT2D eigenvalue weighted by Crippen LogP contribution is -2.44. The van der Waals surface area contributed by atoms with Gasteiger partial charge >= 0.3 is 0 Å². The van der Waals surface area contributed by atoms with Crippen molar-refractivity contribution in [2.75, 3.05) is 0 Å². The van der Waals surface area contributed by atoms with E-state index in [0.717, 1.165) is 17.9 Å². The van der Waals surface area contributed by atoms with Gasteiger partial charge in [-0.3, -0.25) is 0 Å². The maximum Gasteiger partial charge on any atom is 0.250 e. The van der Waals surface area contributed by atoms with E-state index >= 15 is 0 Å². The van der Waals surface area contributed by atoms with Crippen molar-refractivity contribution in [3.8, 4) is 11.5 Å². The third-order valence-electron chi connectivity index (χ3n) is 6.11. The minimum atomic E-state index is -1.88. The summed E-state index contributed by atoms with van der Waals surface area (Å²) in [5, 5.41) is 0.362. The van der Waals surface area contributed by atoms with Crippen LogP contribution in [0.4, 0.5) is 0 Å². The summed E-state index contributed by atoms with van der Waals surface area (Å²) in [5.74, 6) is 1.99. The normalized spacial score (nSPS) is 13.3. The van der Waals surface area contributed by atoms with Gasteiger partial charge < -0.3 is 8.85 Å². The second-order valence-corrected chi connectivity index (χ2v) is 20.4. The third-order valence-corrected chi connectivity index (χ3v) is 14.8. The first-order chi connectivity index (χ1) is 12.0. The van der Waals surface area contributed by atoms with Crippen molar-refractivity contribution in [1.82, 2.24) is 0 Å². The Morgan fingerprint density at radius 1 is 0.852 bits per heavy atom. The van der Waals surface area contributed by atoms with Gasteiger partial charge in [0.1, 0.15) is 11.5 Å². The number of hydrogen-bond donors (Lipinski definition) is 0. The Labute approximate surface area is 170 Å². The van der Waals surface area contributed by atoms with Crippen molar-refractivity contribution in [3.05, 3.63) is 35.4 Å². The number of allylic oxidation sites excluding steroid dienone is 2. The van der Waals surface area contributed by atoms with E-state index in [-0.39, 0.29) is 10.1 Å². The largest absolute Gasteiger partial charge is 0.543 e. The molecule has 0 radical (unpaired) electrons. The zero-order valence-electron chi connectivity index (χ0n) is 19.8. The van der Waals surface area contributed by atoms with Crippen molar-refractivity contribution in [1.29, 1.82) is 0 Å². The van der Waals surface area contributed by atoms with E-state index in [4.69, 9.17) is 8.85 Å². The van der Waals surface area contributed by atoms with Gasteiger partial charge in [-0.15, -0.1) is 0 Å². The molecule has 0 N–H and O–H groups in total. The molecule has 154 valence electrons. The van der Waals surface area contributed by atoms with Gasteiger partial charge in [0.25, 0.3) is 0 Å². The summed E-state index contributed by atoms with van der Waals surface area (Å²) in [4.78, 5) is 0. The lowest BCUT2D eigenvalue weighted by Gasteiger charge is -2.38. The SMILES string of the molecule is CC(C)=CCc1cc(O[Si](C)(C)C(C)(C)C)ccc1O[Si](C)(C)C(C)(C)C. The molecule has 1 aromatic rings. The first kappa shape index (κ1) is 24.0. The Morgan fingerprint density at radius 2 is 1.33 bits per heavy atom.